The van der Waals surface area contributed by atoms with E-state index >= 15 is 0 Å². The number of rotatable bonds is 4. The summed E-state index contributed by atoms with van der Waals surface area (Å²) < 4.78 is 39.8. The van der Waals surface area contributed by atoms with Gasteiger partial charge in [-0.05, 0) is 36.8 Å². The van der Waals surface area contributed by atoms with Crippen molar-refractivity contribution >= 4 is 11.6 Å². The molecule has 0 aliphatic carbocycles. The Labute approximate surface area is 148 Å². The highest BCUT2D eigenvalue weighted by atomic mass is 19.4. The van der Waals surface area contributed by atoms with Gasteiger partial charge in [0.05, 0.1) is 24.0 Å². The molecule has 7 heteroatoms. The second-order valence-corrected chi connectivity index (χ2v) is 5.95. The van der Waals surface area contributed by atoms with E-state index < -0.39 is 11.7 Å². The Balaban J connectivity index is 1.70. The molecule has 0 aliphatic heterocycles. The van der Waals surface area contributed by atoms with Crippen molar-refractivity contribution in [2.24, 2.45) is 0 Å². The van der Waals surface area contributed by atoms with Gasteiger partial charge in [0, 0.05) is 11.8 Å². The van der Waals surface area contributed by atoms with Crippen LogP contribution in [0.4, 0.5) is 18.9 Å². The van der Waals surface area contributed by atoms with Gasteiger partial charge in [-0.25, -0.2) is 0 Å². The third-order valence-electron chi connectivity index (χ3n) is 3.77. The minimum Gasteiger partial charge on any atom is -0.319 e. The molecule has 3 aromatic rings. The first-order valence-electron chi connectivity index (χ1n) is 7.88. The van der Waals surface area contributed by atoms with E-state index in [1.54, 1.807) is 30.5 Å². The lowest BCUT2D eigenvalue weighted by atomic mass is 10.1. The van der Waals surface area contributed by atoms with E-state index in [9.17, 15) is 18.0 Å². The Morgan fingerprint density at radius 1 is 1.15 bits per heavy atom. The number of alkyl halides is 3. The molecule has 4 nitrogen and oxygen atoms in total. The summed E-state index contributed by atoms with van der Waals surface area (Å²) >= 11 is 0. The molecular formula is C19H16F3N3O. The Morgan fingerprint density at radius 3 is 2.65 bits per heavy atom. The second kappa shape index (κ2) is 7.03. The number of hydrogen-bond donors (Lipinski definition) is 1. The van der Waals surface area contributed by atoms with Crippen LogP contribution in [0.1, 0.15) is 27.0 Å². The Hall–Kier alpha value is -3.09. The van der Waals surface area contributed by atoms with E-state index in [0.717, 1.165) is 17.7 Å². The molecule has 0 spiro atoms. The van der Waals surface area contributed by atoms with Gasteiger partial charge < -0.3 is 5.32 Å². The van der Waals surface area contributed by atoms with Gasteiger partial charge in [-0.1, -0.05) is 29.8 Å². The van der Waals surface area contributed by atoms with Gasteiger partial charge in [0.2, 0.25) is 0 Å². The van der Waals surface area contributed by atoms with Crippen LogP contribution < -0.4 is 5.32 Å². The van der Waals surface area contributed by atoms with Gasteiger partial charge in [0.1, 0.15) is 0 Å². The number of nitrogens with one attached hydrogen (secondary N) is 1. The highest BCUT2D eigenvalue weighted by molar-refractivity contribution is 6.04. The molecule has 0 fully saturated rings. The molecule has 1 amide bonds. The normalized spacial score (nSPS) is 11.4. The number of carbonyl (C=O) groups excluding carboxylic acids is 1. The molecular weight excluding hydrogens is 343 g/mol. The minimum absolute atomic E-state index is 0.171. The second-order valence-electron chi connectivity index (χ2n) is 5.95. The SMILES string of the molecule is Cc1cccc(C(=O)Nc2cnn(Cc3cccc(C(F)(F)F)c3)c2)c1. The average Bonchev–Trinajstić information content (AvgIpc) is 3.01. The van der Waals surface area contributed by atoms with E-state index in [0.29, 0.717) is 16.8 Å². The van der Waals surface area contributed by atoms with Crippen LogP contribution in [0.15, 0.2) is 60.9 Å². The summed E-state index contributed by atoms with van der Waals surface area (Å²) in [6.45, 7) is 2.06. The maximum atomic E-state index is 12.8. The van der Waals surface area contributed by atoms with E-state index in [1.807, 2.05) is 13.0 Å². The first-order valence-corrected chi connectivity index (χ1v) is 7.88. The van der Waals surface area contributed by atoms with E-state index in [2.05, 4.69) is 10.4 Å². The van der Waals surface area contributed by atoms with Gasteiger partial charge in [0.25, 0.3) is 5.91 Å². The van der Waals surface area contributed by atoms with E-state index in [4.69, 9.17) is 0 Å². The standard InChI is InChI=1S/C19H16F3N3O/c1-13-4-2-6-15(8-13)18(26)24-17-10-23-25(12-17)11-14-5-3-7-16(9-14)19(20,21)22/h2-10,12H,11H2,1H3,(H,24,26). The third-order valence-corrected chi connectivity index (χ3v) is 3.77. The lowest BCUT2D eigenvalue weighted by molar-refractivity contribution is -0.137. The largest absolute Gasteiger partial charge is 0.416 e. The monoisotopic (exact) mass is 359 g/mol. The molecule has 0 unspecified atom stereocenters. The van der Waals surface area contributed by atoms with Gasteiger partial charge in [-0.15, -0.1) is 0 Å². The van der Waals surface area contributed by atoms with Gasteiger partial charge in [0.15, 0.2) is 0 Å². The minimum atomic E-state index is -4.38. The van der Waals surface area contributed by atoms with Crippen molar-refractivity contribution < 1.29 is 18.0 Å². The zero-order valence-electron chi connectivity index (χ0n) is 13.9. The lowest BCUT2D eigenvalue weighted by Crippen LogP contribution is -2.11. The fourth-order valence-corrected chi connectivity index (χ4v) is 2.54. The fourth-order valence-electron chi connectivity index (χ4n) is 2.54. The number of carbonyl (C=O) groups is 1. The molecule has 134 valence electrons. The number of amides is 1. The van der Waals surface area contributed by atoms with Crippen molar-refractivity contribution in [1.29, 1.82) is 0 Å². The van der Waals surface area contributed by atoms with Crippen LogP contribution in [0, 0.1) is 6.92 Å². The summed E-state index contributed by atoms with van der Waals surface area (Å²) in [5.41, 5.74) is 1.74. The molecule has 0 saturated heterocycles. The molecule has 3 rings (SSSR count). The maximum absolute atomic E-state index is 12.8. The zero-order valence-corrected chi connectivity index (χ0v) is 13.9. The van der Waals surface area contributed by atoms with E-state index in [-0.39, 0.29) is 12.5 Å². The van der Waals surface area contributed by atoms with Gasteiger partial charge in [-0.2, -0.15) is 18.3 Å². The molecule has 1 heterocycles. The lowest BCUT2D eigenvalue weighted by Gasteiger charge is -2.08. The summed E-state index contributed by atoms with van der Waals surface area (Å²) in [5, 5.41) is 6.81. The number of aryl methyl sites for hydroxylation is 1. The molecule has 0 bridgehead atoms. The molecule has 0 aliphatic rings. The number of halogens is 3. The van der Waals surface area contributed by atoms with Crippen molar-refractivity contribution in [3.05, 3.63) is 83.2 Å². The maximum Gasteiger partial charge on any atom is 0.416 e. The zero-order chi connectivity index (χ0) is 18.7. The summed E-state index contributed by atoms with van der Waals surface area (Å²) in [6.07, 6.45) is -1.34. The first-order chi connectivity index (χ1) is 12.3. The Morgan fingerprint density at radius 2 is 1.92 bits per heavy atom. The summed E-state index contributed by atoms with van der Waals surface area (Å²) in [6, 6.07) is 12.2. The van der Waals surface area contributed by atoms with Crippen LogP contribution in [0.5, 0.6) is 0 Å². The topological polar surface area (TPSA) is 46.9 Å². The predicted octanol–water partition coefficient (Wildman–Crippen LogP) is 4.51. The van der Waals surface area contributed by atoms with Crippen molar-refractivity contribution in [3.8, 4) is 0 Å². The molecule has 1 N–H and O–H groups in total. The number of anilines is 1. The molecule has 2 aromatic carbocycles. The van der Waals surface area contributed by atoms with Crippen LogP contribution in [-0.2, 0) is 12.7 Å². The Bertz CT molecular complexity index is 932. The highest BCUT2D eigenvalue weighted by Crippen LogP contribution is 2.29. The molecule has 0 saturated carbocycles. The number of benzene rings is 2. The highest BCUT2D eigenvalue weighted by Gasteiger charge is 2.30. The summed E-state index contributed by atoms with van der Waals surface area (Å²) in [5.74, 6) is -0.271. The first kappa shape index (κ1) is 17.7. The number of nitrogens with zero attached hydrogens (tertiary/aromatic N) is 2. The smallest absolute Gasteiger partial charge is 0.319 e. The van der Waals surface area contributed by atoms with E-state index in [1.165, 1.54) is 16.9 Å². The van der Waals surface area contributed by atoms with Gasteiger partial charge in [-0.3, -0.25) is 9.48 Å². The van der Waals surface area contributed by atoms with Crippen molar-refractivity contribution in [3.63, 3.8) is 0 Å². The van der Waals surface area contributed by atoms with Crippen LogP contribution in [-0.4, -0.2) is 15.7 Å². The molecule has 1 aromatic heterocycles. The quantitative estimate of drug-likeness (QED) is 0.745. The third kappa shape index (κ3) is 4.30. The number of hydrogen-bond acceptors (Lipinski definition) is 2. The number of aromatic nitrogens is 2. The Kier molecular flexibility index (Phi) is 4.79. The summed E-state index contributed by atoms with van der Waals surface area (Å²) in [7, 11) is 0. The predicted molar refractivity (Wildman–Crippen MR) is 91.9 cm³/mol. The van der Waals surface area contributed by atoms with Crippen LogP contribution in [0.25, 0.3) is 0 Å². The average molecular weight is 359 g/mol. The van der Waals surface area contributed by atoms with Crippen molar-refractivity contribution in [2.45, 2.75) is 19.6 Å². The van der Waals surface area contributed by atoms with Gasteiger partial charge >= 0.3 is 6.18 Å². The van der Waals surface area contributed by atoms with Crippen molar-refractivity contribution in [2.75, 3.05) is 5.32 Å². The molecule has 0 radical (unpaired) electrons. The van der Waals surface area contributed by atoms with Crippen molar-refractivity contribution in [1.82, 2.24) is 9.78 Å². The van der Waals surface area contributed by atoms with Crippen LogP contribution in [0.2, 0.25) is 0 Å². The molecule has 26 heavy (non-hydrogen) atoms. The van der Waals surface area contributed by atoms with Crippen LogP contribution >= 0.6 is 0 Å². The van der Waals surface area contributed by atoms with Crippen LogP contribution in [0.3, 0.4) is 0 Å². The summed E-state index contributed by atoms with van der Waals surface area (Å²) in [4.78, 5) is 12.2. The fraction of sp³-hybridized carbons (Fsp3) is 0.158. The molecule has 0 atom stereocenters.